The molecular formula is C23H17F5N4O. The average Bonchev–Trinajstić information content (AvgIpc) is 3.40. The molecule has 170 valence electrons. The minimum absolute atomic E-state index is 0.229. The molecular weight excluding hydrogens is 443 g/mol. The molecule has 0 fully saturated rings. The van der Waals surface area contributed by atoms with Gasteiger partial charge in [-0.1, -0.05) is 30.3 Å². The van der Waals surface area contributed by atoms with Crippen LogP contribution in [0.5, 0.6) is 5.75 Å². The van der Waals surface area contributed by atoms with Crippen LogP contribution in [0.3, 0.4) is 0 Å². The van der Waals surface area contributed by atoms with Crippen molar-refractivity contribution in [2.75, 3.05) is 0 Å². The van der Waals surface area contributed by atoms with Gasteiger partial charge in [0.1, 0.15) is 12.1 Å². The number of alkyl halides is 5. The van der Waals surface area contributed by atoms with E-state index in [0.29, 0.717) is 5.65 Å². The van der Waals surface area contributed by atoms with Gasteiger partial charge in [-0.3, -0.25) is 4.40 Å². The second-order valence-electron chi connectivity index (χ2n) is 7.00. The van der Waals surface area contributed by atoms with E-state index in [1.54, 1.807) is 45.9 Å². The van der Waals surface area contributed by atoms with Crippen LogP contribution in [-0.4, -0.2) is 32.0 Å². The van der Waals surface area contributed by atoms with Crippen LogP contribution in [0, 0.1) is 0 Å². The van der Waals surface area contributed by atoms with E-state index in [-0.39, 0.29) is 12.3 Å². The summed E-state index contributed by atoms with van der Waals surface area (Å²) in [6.45, 7) is -0.229. The minimum atomic E-state index is -4.68. The van der Waals surface area contributed by atoms with Crippen LogP contribution in [0.2, 0.25) is 0 Å². The summed E-state index contributed by atoms with van der Waals surface area (Å²) < 4.78 is 67.5. The van der Waals surface area contributed by atoms with Crippen LogP contribution >= 0.6 is 0 Å². The number of benzene rings is 2. The lowest BCUT2D eigenvalue weighted by Crippen LogP contribution is -2.16. The van der Waals surface area contributed by atoms with Crippen LogP contribution in [-0.2, 0) is 6.54 Å². The number of aromatic nitrogens is 4. The second-order valence-corrected chi connectivity index (χ2v) is 7.00. The molecule has 0 aliphatic heterocycles. The van der Waals surface area contributed by atoms with Crippen molar-refractivity contribution >= 4 is 16.6 Å². The lowest BCUT2D eigenvalue weighted by atomic mass is 10.1. The van der Waals surface area contributed by atoms with E-state index in [9.17, 15) is 22.0 Å². The molecule has 5 aromatic rings. The number of fused-ring (bicyclic) bond motifs is 2. The predicted molar refractivity (Wildman–Crippen MR) is 113 cm³/mol. The predicted octanol–water partition coefficient (Wildman–Crippen LogP) is 6.20. The molecule has 0 saturated heterocycles. The zero-order valence-electron chi connectivity index (χ0n) is 17.0. The van der Waals surface area contributed by atoms with Gasteiger partial charge in [0.2, 0.25) is 0 Å². The molecule has 0 aliphatic carbocycles. The smallest absolute Gasteiger partial charge is 0.406 e. The largest absolute Gasteiger partial charge is 0.573 e. The summed E-state index contributed by atoms with van der Waals surface area (Å²) in [5, 5.41) is 8.64. The summed E-state index contributed by atoms with van der Waals surface area (Å²) >= 11 is 0. The Balaban J connectivity index is 0.000000172. The molecule has 0 unspecified atom stereocenters. The van der Waals surface area contributed by atoms with Crippen LogP contribution in [0.15, 0.2) is 85.5 Å². The maximum Gasteiger partial charge on any atom is 0.573 e. The molecule has 0 saturated carbocycles. The third-order valence-electron chi connectivity index (χ3n) is 4.73. The summed E-state index contributed by atoms with van der Waals surface area (Å²) in [5.41, 5.74) is 3.18. The Bertz CT molecular complexity index is 1340. The quantitative estimate of drug-likeness (QED) is 0.300. The Labute approximate surface area is 184 Å². The fourth-order valence-corrected chi connectivity index (χ4v) is 3.30. The molecule has 3 heterocycles. The number of hydrogen-bond acceptors (Lipinski definition) is 3. The molecule has 0 amide bonds. The standard InChI is InChI=1S/C13H8F3N3O.C10H9F2N/c14-13(15,16)20-11-4-1-9(2-5-11)10-3-6-12-18-17-8-19(12)7-10;11-10(12)7-13-6-5-8-3-1-2-4-9(8)13/h1-8H;1-6,10H,7H2. The molecule has 10 heteroatoms. The van der Waals surface area contributed by atoms with Gasteiger partial charge in [0, 0.05) is 17.9 Å². The first-order chi connectivity index (χ1) is 15.8. The number of rotatable bonds is 4. The molecule has 33 heavy (non-hydrogen) atoms. The van der Waals surface area contributed by atoms with Crippen molar-refractivity contribution in [3.05, 3.63) is 85.5 Å². The Morgan fingerprint density at radius 3 is 2.33 bits per heavy atom. The highest BCUT2D eigenvalue weighted by Gasteiger charge is 2.30. The van der Waals surface area contributed by atoms with Crippen molar-refractivity contribution in [3.63, 3.8) is 0 Å². The third kappa shape index (κ3) is 5.65. The topological polar surface area (TPSA) is 44.4 Å². The zero-order chi connectivity index (χ0) is 23.4. The molecule has 3 aromatic heterocycles. The third-order valence-corrected chi connectivity index (χ3v) is 4.73. The Morgan fingerprint density at radius 2 is 1.61 bits per heavy atom. The highest BCUT2D eigenvalue weighted by atomic mass is 19.4. The van der Waals surface area contributed by atoms with E-state index in [2.05, 4.69) is 14.9 Å². The molecule has 0 bridgehead atoms. The molecule has 0 aliphatic rings. The number of pyridine rings is 1. The van der Waals surface area contributed by atoms with Crippen molar-refractivity contribution in [1.29, 1.82) is 0 Å². The van der Waals surface area contributed by atoms with Gasteiger partial charge in [-0.15, -0.1) is 23.4 Å². The number of ether oxygens (including phenoxy) is 1. The second kappa shape index (κ2) is 9.27. The van der Waals surface area contributed by atoms with E-state index < -0.39 is 12.8 Å². The zero-order valence-corrected chi connectivity index (χ0v) is 17.0. The van der Waals surface area contributed by atoms with Gasteiger partial charge in [0.05, 0.1) is 6.54 Å². The van der Waals surface area contributed by atoms with Crippen molar-refractivity contribution < 1.29 is 26.7 Å². The monoisotopic (exact) mass is 460 g/mol. The summed E-state index contributed by atoms with van der Waals surface area (Å²) in [4.78, 5) is 0. The van der Waals surface area contributed by atoms with Crippen LogP contribution in [0.1, 0.15) is 0 Å². The van der Waals surface area contributed by atoms with Gasteiger partial charge in [0.25, 0.3) is 6.43 Å². The van der Waals surface area contributed by atoms with E-state index in [0.717, 1.165) is 22.0 Å². The van der Waals surface area contributed by atoms with Crippen molar-refractivity contribution in [2.45, 2.75) is 19.3 Å². The average molecular weight is 460 g/mol. The first-order valence-electron chi connectivity index (χ1n) is 9.76. The van der Waals surface area contributed by atoms with E-state index >= 15 is 0 Å². The van der Waals surface area contributed by atoms with E-state index in [1.807, 2.05) is 36.4 Å². The Morgan fingerprint density at radius 1 is 0.879 bits per heavy atom. The van der Waals surface area contributed by atoms with Gasteiger partial charge >= 0.3 is 6.36 Å². The fourth-order valence-electron chi connectivity index (χ4n) is 3.30. The lowest BCUT2D eigenvalue weighted by Gasteiger charge is -2.09. The first kappa shape index (κ1) is 22.3. The van der Waals surface area contributed by atoms with E-state index in [4.69, 9.17) is 0 Å². The molecule has 0 spiro atoms. The number of hydrogen-bond donors (Lipinski definition) is 0. The Hall–Kier alpha value is -3.95. The minimum Gasteiger partial charge on any atom is -0.406 e. The highest BCUT2D eigenvalue weighted by Crippen LogP contribution is 2.26. The van der Waals surface area contributed by atoms with E-state index in [1.165, 1.54) is 12.1 Å². The Kier molecular flexibility index (Phi) is 6.25. The maximum absolute atomic E-state index is 12.1. The fraction of sp³-hybridized carbons (Fsp3) is 0.130. The van der Waals surface area contributed by atoms with Gasteiger partial charge in [-0.05, 0) is 52.9 Å². The summed E-state index contributed by atoms with van der Waals surface area (Å²) in [6.07, 6.45) is -1.93. The maximum atomic E-state index is 12.1. The SMILES string of the molecule is FC(F)(F)Oc1ccc(-c2ccc3nncn3c2)cc1.FC(F)Cn1ccc2ccccc21. The van der Waals surface area contributed by atoms with Crippen LogP contribution < -0.4 is 4.74 Å². The molecule has 0 N–H and O–H groups in total. The summed E-state index contributed by atoms with van der Waals surface area (Å²) in [6, 6.07) is 18.6. The molecule has 0 atom stereocenters. The van der Waals surface area contributed by atoms with Crippen molar-refractivity contribution in [2.24, 2.45) is 0 Å². The highest BCUT2D eigenvalue weighted by molar-refractivity contribution is 5.79. The molecule has 2 aromatic carbocycles. The van der Waals surface area contributed by atoms with Crippen molar-refractivity contribution in [3.8, 4) is 16.9 Å². The van der Waals surface area contributed by atoms with Crippen LogP contribution in [0.25, 0.3) is 27.7 Å². The lowest BCUT2D eigenvalue weighted by molar-refractivity contribution is -0.274. The molecule has 5 rings (SSSR count). The summed E-state index contributed by atoms with van der Waals surface area (Å²) in [7, 11) is 0. The molecule has 0 radical (unpaired) electrons. The van der Waals surface area contributed by atoms with Gasteiger partial charge < -0.3 is 9.30 Å². The summed E-state index contributed by atoms with van der Waals surface area (Å²) in [5.74, 6) is -0.244. The normalized spacial score (nSPS) is 11.6. The van der Waals surface area contributed by atoms with Crippen LogP contribution in [0.4, 0.5) is 22.0 Å². The molecule has 5 nitrogen and oxygen atoms in total. The van der Waals surface area contributed by atoms with Gasteiger partial charge in [-0.25, -0.2) is 8.78 Å². The number of nitrogens with zero attached hydrogens (tertiary/aromatic N) is 4. The number of halogens is 5. The van der Waals surface area contributed by atoms with Gasteiger partial charge in [-0.2, -0.15) is 0 Å². The van der Waals surface area contributed by atoms with Gasteiger partial charge in [0.15, 0.2) is 5.65 Å². The van der Waals surface area contributed by atoms with Crippen molar-refractivity contribution in [1.82, 2.24) is 19.2 Å². The first-order valence-corrected chi connectivity index (χ1v) is 9.76. The number of para-hydroxylation sites is 1.